The highest BCUT2D eigenvalue weighted by atomic mass is 32.2. The lowest BCUT2D eigenvalue weighted by Crippen LogP contribution is -2.49. The predicted molar refractivity (Wildman–Crippen MR) is 96.3 cm³/mol. The van der Waals surface area contributed by atoms with Gasteiger partial charge in [0.2, 0.25) is 5.82 Å². The van der Waals surface area contributed by atoms with Crippen molar-refractivity contribution in [2.45, 2.75) is 0 Å². The number of carbonyl (C=O) groups excluding carboxylic acids is 1. The molecule has 0 atom stereocenters. The molecule has 10 heteroatoms. The number of benzene rings is 1. The molecule has 1 aliphatic rings. The minimum absolute atomic E-state index is 0.0218. The van der Waals surface area contributed by atoms with Gasteiger partial charge < -0.3 is 4.90 Å². The average Bonchev–Trinajstić information content (AvgIpc) is 3.06. The van der Waals surface area contributed by atoms with Crippen molar-refractivity contribution >= 4 is 15.7 Å². The summed E-state index contributed by atoms with van der Waals surface area (Å²) in [6, 6.07) is 7.16. The quantitative estimate of drug-likeness (QED) is 0.703. The maximum absolute atomic E-state index is 12.6. The first-order valence-corrected chi connectivity index (χ1v) is 10.4. The number of piperazine rings is 1. The van der Waals surface area contributed by atoms with Gasteiger partial charge in [-0.3, -0.25) is 9.69 Å². The number of hydrogen-bond acceptors (Lipinski definition) is 7. The zero-order chi connectivity index (χ0) is 18.7. The molecule has 0 bridgehead atoms. The third-order valence-electron chi connectivity index (χ3n) is 4.34. The number of carbonyl (C=O) groups is 1. The van der Waals surface area contributed by atoms with Crippen LogP contribution >= 0.6 is 0 Å². The Morgan fingerprint density at radius 3 is 2.31 bits per heavy atom. The molecule has 2 heterocycles. The first-order chi connectivity index (χ1) is 12.3. The molecule has 0 N–H and O–H groups in total. The van der Waals surface area contributed by atoms with Crippen LogP contribution in [0.2, 0.25) is 0 Å². The molecule has 9 nitrogen and oxygen atoms in total. The van der Waals surface area contributed by atoms with Crippen molar-refractivity contribution in [3.05, 3.63) is 29.8 Å². The molecular formula is C16H22N6O3S. The fourth-order valence-corrected chi connectivity index (χ4v) is 3.40. The van der Waals surface area contributed by atoms with E-state index in [1.807, 2.05) is 12.1 Å². The van der Waals surface area contributed by atoms with Gasteiger partial charge in [-0.05, 0) is 17.3 Å². The largest absolute Gasteiger partial charge is 0.336 e. The Kier molecular flexibility index (Phi) is 5.33. The minimum atomic E-state index is -2.96. The average molecular weight is 378 g/mol. The number of hydrogen-bond donors (Lipinski definition) is 0. The Balaban J connectivity index is 1.57. The van der Waals surface area contributed by atoms with Crippen LogP contribution in [0.15, 0.2) is 24.3 Å². The van der Waals surface area contributed by atoms with Crippen LogP contribution in [-0.4, -0.2) is 89.1 Å². The Labute approximate surface area is 152 Å². The van der Waals surface area contributed by atoms with Gasteiger partial charge in [0, 0.05) is 50.1 Å². The molecule has 0 spiro atoms. The Bertz CT molecular complexity index is 870. The van der Waals surface area contributed by atoms with Crippen molar-refractivity contribution < 1.29 is 13.2 Å². The maximum atomic E-state index is 12.6. The summed E-state index contributed by atoms with van der Waals surface area (Å²) in [7, 11) is -1.26. The fraction of sp³-hybridized carbons (Fsp3) is 0.500. The number of sulfone groups is 1. The molecule has 2 aromatic rings. The summed E-state index contributed by atoms with van der Waals surface area (Å²) < 4.78 is 22.5. The summed E-state index contributed by atoms with van der Waals surface area (Å²) in [6.07, 6.45) is 1.24. The van der Waals surface area contributed by atoms with E-state index in [2.05, 4.69) is 20.3 Å². The van der Waals surface area contributed by atoms with Crippen LogP contribution in [0, 0.1) is 0 Å². The normalized spacial score (nSPS) is 16.0. The molecule has 1 aliphatic heterocycles. The summed E-state index contributed by atoms with van der Waals surface area (Å²) in [4.78, 5) is 17.9. The van der Waals surface area contributed by atoms with E-state index in [1.165, 1.54) is 11.1 Å². The van der Waals surface area contributed by atoms with E-state index in [4.69, 9.17) is 0 Å². The van der Waals surface area contributed by atoms with Crippen molar-refractivity contribution in [1.29, 1.82) is 0 Å². The first-order valence-electron chi connectivity index (χ1n) is 8.35. The van der Waals surface area contributed by atoms with E-state index in [9.17, 15) is 13.2 Å². The SMILES string of the molecule is Cn1nnc(-c2ccc(C(=O)N3CCN(CCS(C)(=O)=O)CC3)cc2)n1. The zero-order valence-electron chi connectivity index (χ0n) is 14.9. The molecule has 1 aromatic heterocycles. The molecule has 1 saturated heterocycles. The number of aryl methyl sites for hydroxylation is 1. The van der Waals surface area contributed by atoms with Gasteiger partial charge in [-0.1, -0.05) is 12.1 Å². The highest BCUT2D eigenvalue weighted by molar-refractivity contribution is 7.90. The zero-order valence-corrected chi connectivity index (χ0v) is 15.7. The molecule has 1 aromatic carbocycles. The minimum Gasteiger partial charge on any atom is -0.336 e. The fourth-order valence-electron chi connectivity index (χ4n) is 2.81. The van der Waals surface area contributed by atoms with Crippen molar-refractivity contribution in [1.82, 2.24) is 30.0 Å². The highest BCUT2D eigenvalue weighted by Crippen LogP contribution is 2.16. The summed E-state index contributed by atoms with van der Waals surface area (Å²) in [5.41, 5.74) is 1.42. The van der Waals surface area contributed by atoms with Crippen LogP contribution in [0.5, 0.6) is 0 Å². The predicted octanol–water partition coefficient (Wildman–Crippen LogP) is -0.320. The summed E-state index contributed by atoms with van der Waals surface area (Å²) in [6.45, 7) is 3.07. The smallest absolute Gasteiger partial charge is 0.253 e. The third-order valence-corrected chi connectivity index (χ3v) is 5.26. The lowest BCUT2D eigenvalue weighted by molar-refractivity contribution is 0.0644. The monoisotopic (exact) mass is 378 g/mol. The molecule has 0 radical (unpaired) electrons. The lowest BCUT2D eigenvalue weighted by atomic mass is 10.1. The number of tetrazole rings is 1. The van der Waals surface area contributed by atoms with E-state index in [0.717, 1.165) is 5.56 Å². The van der Waals surface area contributed by atoms with Gasteiger partial charge in [0.15, 0.2) is 0 Å². The van der Waals surface area contributed by atoms with Crippen LogP contribution in [-0.2, 0) is 16.9 Å². The Hall–Kier alpha value is -2.33. The van der Waals surface area contributed by atoms with Crippen molar-refractivity contribution in [2.24, 2.45) is 7.05 Å². The van der Waals surface area contributed by atoms with Crippen LogP contribution < -0.4 is 0 Å². The molecule has 0 saturated carbocycles. The van der Waals surface area contributed by atoms with Crippen molar-refractivity contribution in [2.75, 3.05) is 44.7 Å². The molecular weight excluding hydrogens is 356 g/mol. The van der Waals surface area contributed by atoms with E-state index in [-0.39, 0.29) is 11.7 Å². The summed E-state index contributed by atoms with van der Waals surface area (Å²) >= 11 is 0. The molecule has 0 aliphatic carbocycles. The Morgan fingerprint density at radius 2 is 1.77 bits per heavy atom. The molecule has 0 unspecified atom stereocenters. The maximum Gasteiger partial charge on any atom is 0.253 e. The third kappa shape index (κ3) is 4.64. The topological polar surface area (TPSA) is 101 Å². The lowest BCUT2D eigenvalue weighted by Gasteiger charge is -2.34. The summed E-state index contributed by atoms with van der Waals surface area (Å²) in [5, 5.41) is 11.9. The van der Waals surface area contributed by atoms with Gasteiger partial charge >= 0.3 is 0 Å². The molecule has 3 rings (SSSR count). The Morgan fingerprint density at radius 1 is 1.12 bits per heavy atom. The standard InChI is InChI=1S/C16H22N6O3S/c1-20-18-15(17-19-20)13-3-5-14(6-4-13)16(23)22-9-7-21(8-10-22)11-12-26(2,24)25/h3-6H,7-12H2,1-2H3. The van der Waals surface area contributed by atoms with Gasteiger partial charge in [-0.25, -0.2) is 8.42 Å². The number of nitrogens with zero attached hydrogens (tertiary/aromatic N) is 6. The summed E-state index contributed by atoms with van der Waals surface area (Å²) in [5.74, 6) is 0.649. The van der Waals surface area contributed by atoms with Crippen LogP contribution in [0.1, 0.15) is 10.4 Å². The van der Waals surface area contributed by atoms with E-state index in [1.54, 1.807) is 24.1 Å². The second-order valence-electron chi connectivity index (χ2n) is 6.44. The highest BCUT2D eigenvalue weighted by Gasteiger charge is 2.22. The molecule has 1 amide bonds. The number of rotatable bonds is 5. The van der Waals surface area contributed by atoms with Gasteiger partial charge in [-0.2, -0.15) is 4.80 Å². The van der Waals surface area contributed by atoms with Gasteiger partial charge in [0.1, 0.15) is 9.84 Å². The second kappa shape index (κ2) is 7.50. The van der Waals surface area contributed by atoms with Crippen LogP contribution in [0.25, 0.3) is 11.4 Å². The van der Waals surface area contributed by atoms with Gasteiger partial charge in [0.05, 0.1) is 12.8 Å². The molecule has 26 heavy (non-hydrogen) atoms. The van der Waals surface area contributed by atoms with Gasteiger partial charge in [0.25, 0.3) is 5.91 Å². The van der Waals surface area contributed by atoms with Crippen LogP contribution in [0.4, 0.5) is 0 Å². The second-order valence-corrected chi connectivity index (χ2v) is 8.70. The van der Waals surface area contributed by atoms with E-state index >= 15 is 0 Å². The first kappa shape index (κ1) is 18.5. The molecule has 1 fully saturated rings. The van der Waals surface area contributed by atoms with Crippen LogP contribution in [0.3, 0.4) is 0 Å². The number of amides is 1. The number of aromatic nitrogens is 4. The van der Waals surface area contributed by atoms with E-state index in [0.29, 0.717) is 44.1 Å². The van der Waals surface area contributed by atoms with Gasteiger partial charge in [-0.15, -0.1) is 10.2 Å². The van der Waals surface area contributed by atoms with Crippen molar-refractivity contribution in [3.63, 3.8) is 0 Å². The van der Waals surface area contributed by atoms with E-state index < -0.39 is 9.84 Å². The molecule has 140 valence electrons. The van der Waals surface area contributed by atoms with Crippen molar-refractivity contribution in [3.8, 4) is 11.4 Å².